The zero-order chi connectivity index (χ0) is 27.4. The van der Waals surface area contributed by atoms with Crippen LogP contribution in [0.5, 0.6) is 5.75 Å². The van der Waals surface area contributed by atoms with E-state index in [0.29, 0.717) is 51.0 Å². The number of carbonyl (C=O) groups excluding carboxylic acids is 3. The highest BCUT2D eigenvalue weighted by atomic mass is 19.4. The molecule has 3 amide bonds. The molecule has 0 radical (unpaired) electrons. The summed E-state index contributed by atoms with van der Waals surface area (Å²) in [5, 5.41) is 0. The molecule has 9 nitrogen and oxygen atoms in total. The lowest BCUT2D eigenvalue weighted by atomic mass is 9.96. The van der Waals surface area contributed by atoms with Crippen LogP contribution in [0, 0.1) is 11.8 Å². The Morgan fingerprint density at radius 2 is 1.95 bits per heavy atom. The number of likely N-dealkylation sites (tertiary alicyclic amines) is 1. The Hall–Kier alpha value is -2.86. The standard InChI is InChI=1S/C25H37F3N4O5/c1-2-18(6-10-29)9-15-36-17-19-7-12-31(13-8-19)23(34)20-4-5-22(37-25(26,27)28)21(16-20)32(24(30)35)11-3-14-33/h4-5,14,16,18-19H,2-3,6-13,15,17,29H2,1H3,(H2,30,35). The lowest BCUT2D eigenvalue weighted by Crippen LogP contribution is -2.40. The number of nitrogens with zero attached hydrogens (tertiary/aromatic N) is 2. The number of alkyl halides is 3. The Morgan fingerprint density at radius 1 is 1.24 bits per heavy atom. The minimum Gasteiger partial charge on any atom is -0.404 e. The van der Waals surface area contributed by atoms with Gasteiger partial charge in [-0.25, -0.2) is 4.79 Å². The van der Waals surface area contributed by atoms with Gasteiger partial charge in [0, 0.05) is 44.8 Å². The summed E-state index contributed by atoms with van der Waals surface area (Å²) in [5.41, 5.74) is 10.7. The molecule has 208 valence electrons. The minimum absolute atomic E-state index is 0.0853. The number of hydrogen-bond acceptors (Lipinski definition) is 6. The highest BCUT2D eigenvalue weighted by Gasteiger charge is 2.34. The molecule has 0 aliphatic carbocycles. The van der Waals surface area contributed by atoms with Gasteiger partial charge in [-0.1, -0.05) is 13.3 Å². The topological polar surface area (TPSA) is 128 Å². The molecule has 0 aromatic heterocycles. The molecule has 2 rings (SSSR count). The maximum absolute atomic E-state index is 13.1. The summed E-state index contributed by atoms with van der Waals surface area (Å²) in [7, 11) is 0. The summed E-state index contributed by atoms with van der Waals surface area (Å²) in [6, 6.07) is 2.25. The van der Waals surface area contributed by atoms with Crippen molar-refractivity contribution in [2.75, 3.05) is 44.3 Å². The highest BCUT2D eigenvalue weighted by molar-refractivity contribution is 5.98. The van der Waals surface area contributed by atoms with Crippen LogP contribution in [0.3, 0.4) is 0 Å². The first-order valence-corrected chi connectivity index (χ1v) is 12.6. The van der Waals surface area contributed by atoms with Gasteiger partial charge in [0.25, 0.3) is 5.91 Å². The number of benzene rings is 1. The lowest BCUT2D eigenvalue weighted by Gasteiger charge is -2.32. The first-order valence-electron chi connectivity index (χ1n) is 12.6. The molecule has 1 unspecified atom stereocenters. The Bertz CT molecular complexity index is 892. The maximum Gasteiger partial charge on any atom is 0.573 e. The Kier molecular flexibility index (Phi) is 12.1. The van der Waals surface area contributed by atoms with E-state index in [4.69, 9.17) is 16.2 Å². The second-order valence-corrected chi connectivity index (χ2v) is 9.13. The third-order valence-electron chi connectivity index (χ3n) is 6.54. The van der Waals surface area contributed by atoms with Crippen LogP contribution in [0.4, 0.5) is 23.7 Å². The quantitative estimate of drug-likeness (QED) is 0.279. The average Bonchev–Trinajstić information content (AvgIpc) is 2.85. The molecule has 12 heteroatoms. The molecule has 0 bridgehead atoms. The summed E-state index contributed by atoms with van der Waals surface area (Å²) in [6.45, 7) is 4.78. The Balaban J connectivity index is 2.03. The SMILES string of the molecule is CCC(CCN)CCOCC1CCN(C(=O)c2ccc(OC(F)(F)F)c(N(CCC=O)C(N)=O)c2)CC1. The van der Waals surface area contributed by atoms with Crippen LogP contribution >= 0.6 is 0 Å². The molecular weight excluding hydrogens is 493 g/mol. The van der Waals surface area contributed by atoms with Crippen LogP contribution in [-0.2, 0) is 9.53 Å². The number of anilines is 1. The average molecular weight is 531 g/mol. The second-order valence-electron chi connectivity index (χ2n) is 9.13. The number of hydrogen-bond donors (Lipinski definition) is 2. The van der Waals surface area contributed by atoms with Crippen molar-refractivity contribution in [2.45, 2.75) is 51.8 Å². The van der Waals surface area contributed by atoms with Gasteiger partial charge in [0.15, 0.2) is 5.75 Å². The summed E-state index contributed by atoms with van der Waals surface area (Å²) in [6.07, 6.45) is -0.183. The number of amides is 3. The third kappa shape index (κ3) is 9.84. The molecule has 1 heterocycles. The number of rotatable bonds is 14. The molecule has 4 N–H and O–H groups in total. The third-order valence-corrected chi connectivity index (χ3v) is 6.54. The van der Waals surface area contributed by atoms with Crippen LogP contribution in [-0.4, -0.2) is 68.9 Å². The summed E-state index contributed by atoms with van der Waals surface area (Å²) in [5.74, 6) is -0.204. The molecule has 1 fully saturated rings. The number of piperidine rings is 1. The predicted octanol–water partition coefficient (Wildman–Crippen LogP) is 3.69. The van der Waals surface area contributed by atoms with Crippen LogP contribution in [0.2, 0.25) is 0 Å². The van der Waals surface area contributed by atoms with Gasteiger partial charge in [-0.15, -0.1) is 13.2 Å². The smallest absolute Gasteiger partial charge is 0.404 e. The molecule has 1 saturated heterocycles. The van der Waals surface area contributed by atoms with E-state index in [1.807, 2.05) is 0 Å². The zero-order valence-corrected chi connectivity index (χ0v) is 21.2. The van der Waals surface area contributed by atoms with E-state index in [1.54, 1.807) is 4.90 Å². The van der Waals surface area contributed by atoms with Crippen molar-refractivity contribution in [1.82, 2.24) is 4.90 Å². The fraction of sp³-hybridized carbons (Fsp3) is 0.640. The molecule has 1 aliphatic heterocycles. The van der Waals surface area contributed by atoms with Gasteiger partial charge in [0.1, 0.15) is 6.29 Å². The fourth-order valence-electron chi connectivity index (χ4n) is 4.38. The molecule has 37 heavy (non-hydrogen) atoms. The first-order chi connectivity index (χ1) is 17.6. The molecule has 1 aliphatic rings. The zero-order valence-electron chi connectivity index (χ0n) is 21.2. The van der Waals surface area contributed by atoms with Gasteiger partial charge in [0.05, 0.1) is 5.69 Å². The summed E-state index contributed by atoms with van der Waals surface area (Å²) < 4.78 is 48.7. The normalized spacial score (nSPS) is 15.3. The van der Waals surface area contributed by atoms with E-state index >= 15 is 0 Å². The van der Waals surface area contributed by atoms with Crippen molar-refractivity contribution in [3.8, 4) is 5.75 Å². The van der Waals surface area contributed by atoms with E-state index in [9.17, 15) is 27.6 Å². The monoisotopic (exact) mass is 530 g/mol. The van der Waals surface area contributed by atoms with Crippen molar-refractivity contribution in [3.05, 3.63) is 23.8 Å². The number of primary amides is 1. The van der Waals surface area contributed by atoms with Crippen molar-refractivity contribution in [3.63, 3.8) is 0 Å². The highest BCUT2D eigenvalue weighted by Crippen LogP contribution is 2.34. The summed E-state index contributed by atoms with van der Waals surface area (Å²) >= 11 is 0. The van der Waals surface area contributed by atoms with Crippen molar-refractivity contribution >= 4 is 23.9 Å². The number of urea groups is 1. The van der Waals surface area contributed by atoms with E-state index in [2.05, 4.69) is 11.7 Å². The van der Waals surface area contributed by atoms with Crippen LogP contribution < -0.4 is 21.1 Å². The van der Waals surface area contributed by atoms with E-state index < -0.39 is 18.1 Å². The number of nitrogens with two attached hydrogens (primary N) is 2. The van der Waals surface area contributed by atoms with E-state index in [0.717, 1.165) is 49.1 Å². The Labute approximate surface area is 215 Å². The van der Waals surface area contributed by atoms with E-state index in [1.165, 1.54) is 6.07 Å². The molecule has 0 spiro atoms. The van der Waals surface area contributed by atoms with Gasteiger partial charge >= 0.3 is 12.4 Å². The van der Waals surface area contributed by atoms with Crippen LogP contribution in [0.1, 0.15) is 55.8 Å². The van der Waals surface area contributed by atoms with Crippen molar-refractivity contribution in [2.24, 2.45) is 23.3 Å². The van der Waals surface area contributed by atoms with Crippen molar-refractivity contribution < 1.29 is 37.0 Å². The maximum atomic E-state index is 13.1. The van der Waals surface area contributed by atoms with Gasteiger partial charge in [-0.2, -0.15) is 0 Å². The Morgan fingerprint density at radius 3 is 2.51 bits per heavy atom. The van der Waals surface area contributed by atoms with E-state index in [-0.39, 0.29) is 30.1 Å². The van der Waals surface area contributed by atoms with Crippen LogP contribution in [0.15, 0.2) is 18.2 Å². The second kappa shape index (κ2) is 14.8. The molecule has 1 aromatic rings. The minimum atomic E-state index is -5.03. The van der Waals surface area contributed by atoms with Crippen LogP contribution in [0.25, 0.3) is 0 Å². The predicted molar refractivity (Wildman–Crippen MR) is 132 cm³/mol. The van der Waals surface area contributed by atoms with Gasteiger partial charge < -0.3 is 30.6 Å². The fourth-order valence-corrected chi connectivity index (χ4v) is 4.38. The first kappa shape index (κ1) is 30.4. The number of halogens is 3. The van der Waals surface area contributed by atoms with Crippen molar-refractivity contribution in [1.29, 1.82) is 0 Å². The summed E-state index contributed by atoms with van der Waals surface area (Å²) in [4.78, 5) is 38.2. The van der Waals surface area contributed by atoms with Gasteiger partial charge in [-0.3, -0.25) is 9.69 Å². The number of aldehydes is 1. The largest absolute Gasteiger partial charge is 0.573 e. The lowest BCUT2D eigenvalue weighted by molar-refractivity contribution is -0.274. The molecule has 0 saturated carbocycles. The van der Waals surface area contributed by atoms with Gasteiger partial charge in [-0.05, 0) is 62.3 Å². The molecule has 1 aromatic carbocycles. The number of ether oxygens (including phenoxy) is 2. The molecule has 1 atom stereocenters. The number of carbonyl (C=O) groups is 3. The van der Waals surface area contributed by atoms with Gasteiger partial charge in [0.2, 0.25) is 0 Å². The molecular formula is C25H37F3N4O5.